The first kappa shape index (κ1) is 40.5. The fraction of sp³-hybridized carbons (Fsp3) is 0.500. The summed E-state index contributed by atoms with van der Waals surface area (Å²) in [6.07, 6.45) is 19.5. The van der Waals surface area contributed by atoms with Gasteiger partial charge in [-0.15, -0.1) is 0 Å². The van der Waals surface area contributed by atoms with Crippen LogP contribution in [0.4, 0.5) is 4.79 Å². The first-order valence-corrected chi connectivity index (χ1v) is 16.4. The van der Waals surface area contributed by atoms with E-state index in [9.17, 15) is 19.2 Å². The average Bonchev–Trinajstić information content (AvgIpc) is 3.82. The van der Waals surface area contributed by atoms with Gasteiger partial charge in [0.1, 0.15) is 23.6 Å². The Morgan fingerprint density at radius 1 is 0.851 bits per heavy atom. The van der Waals surface area contributed by atoms with E-state index in [1.807, 2.05) is 30.3 Å². The molecule has 11 nitrogen and oxygen atoms in total. The van der Waals surface area contributed by atoms with Gasteiger partial charge in [-0.2, -0.15) is 0 Å². The number of aromatic hydroxyl groups is 1. The van der Waals surface area contributed by atoms with Crippen LogP contribution in [0.2, 0.25) is 0 Å². The lowest BCUT2D eigenvalue weighted by Gasteiger charge is -2.05. The Kier molecular flexibility index (Phi) is 21.2. The number of benzene rings is 2. The monoisotopic (exact) mass is 656 g/mol. The largest absolute Gasteiger partial charge is 0.507 e. The Labute approximate surface area is 278 Å². The van der Waals surface area contributed by atoms with Crippen LogP contribution < -0.4 is 15.4 Å². The second-order valence-electron chi connectivity index (χ2n) is 11.3. The number of hydrogen-bond acceptors (Lipinski definition) is 6. The maximum atomic E-state index is 11.3. The van der Waals surface area contributed by atoms with E-state index in [2.05, 4.69) is 17.6 Å². The molecular formula is C36H52N2O9. The van der Waals surface area contributed by atoms with Crippen LogP contribution in [0.1, 0.15) is 112 Å². The molecule has 11 heteroatoms. The molecule has 3 rings (SSSR count). The summed E-state index contributed by atoms with van der Waals surface area (Å²) in [5.74, 6) is -2.55. The highest BCUT2D eigenvalue weighted by molar-refractivity contribution is 5.90. The molecule has 1 fully saturated rings. The summed E-state index contributed by atoms with van der Waals surface area (Å²) in [7, 11) is 1.44. The van der Waals surface area contributed by atoms with Gasteiger partial charge in [0, 0.05) is 24.1 Å². The van der Waals surface area contributed by atoms with E-state index >= 15 is 0 Å². The molecule has 2 aromatic carbocycles. The number of methoxy groups -OCH3 is 1. The Hall–Kier alpha value is -4.54. The highest BCUT2D eigenvalue weighted by Gasteiger charge is 2.39. The lowest BCUT2D eigenvalue weighted by Crippen LogP contribution is -2.39. The van der Waals surface area contributed by atoms with E-state index in [4.69, 9.17) is 25.2 Å². The van der Waals surface area contributed by atoms with Crippen LogP contribution in [0.15, 0.2) is 60.7 Å². The fourth-order valence-corrected chi connectivity index (χ4v) is 4.73. The maximum absolute atomic E-state index is 11.3. The van der Waals surface area contributed by atoms with E-state index in [-0.39, 0.29) is 23.9 Å². The zero-order valence-corrected chi connectivity index (χ0v) is 27.7. The third-order valence-electron chi connectivity index (χ3n) is 7.40. The Balaban J connectivity index is 0.000000359. The Morgan fingerprint density at radius 2 is 1.45 bits per heavy atom. The number of aromatic carboxylic acids is 1. The first-order chi connectivity index (χ1) is 22.6. The van der Waals surface area contributed by atoms with Gasteiger partial charge < -0.3 is 35.8 Å². The van der Waals surface area contributed by atoms with Gasteiger partial charge in [-0.1, -0.05) is 108 Å². The summed E-state index contributed by atoms with van der Waals surface area (Å²) in [5, 5.41) is 39.5. The molecule has 2 aromatic rings. The van der Waals surface area contributed by atoms with Crippen LogP contribution in [0.25, 0.3) is 0 Å². The van der Waals surface area contributed by atoms with Crippen LogP contribution in [-0.4, -0.2) is 64.1 Å². The summed E-state index contributed by atoms with van der Waals surface area (Å²) in [6, 6.07) is 13.7. The number of carboxylic acid groups (broad SMARTS) is 3. The van der Waals surface area contributed by atoms with Gasteiger partial charge in [0.2, 0.25) is 0 Å². The van der Waals surface area contributed by atoms with Crippen molar-refractivity contribution >= 4 is 23.9 Å². The van der Waals surface area contributed by atoms with Gasteiger partial charge in [0.25, 0.3) is 0 Å². The lowest BCUT2D eigenvalue weighted by molar-refractivity contribution is -0.136. The maximum Gasteiger partial charge on any atom is 0.339 e. The summed E-state index contributed by atoms with van der Waals surface area (Å²) >= 11 is 0. The summed E-state index contributed by atoms with van der Waals surface area (Å²) < 4.78 is 4.78. The minimum atomic E-state index is -1.16. The SMILES string of the molecule is CCCCCCCCCCCCCC=CC(=O)O.COc1ccc(C(=O)O)c(O)c1.O=C(O)CNC(=O)NC1CC1c1ccccc1. The number of amides is 2. The van der Waals surface area contributed by atoms with E-state index < -0.39 is 23.9 Å². The number of urea groups is 1. The molecule has 1 aliphatic rings. The van der Waals surface area contributed by atoms with Crippen molar-refractivity contribution in [3.05, 3.63) is 71.8 Å². The molecule has 47 heavy (non-hydrogen) atoms. The van der Waals surface area contributed by atoms with Crippen LogP contribution in [0.5, 0.6) is 11.5 Å². The zero-order valence-electron chi connectivity index (χ0n) is 27.7. The normalized spacial score (nSPS) is 14.5. The lowest BCUT2D eigenvalue weighted by atomic mass is 10.1. The van der Waals surface area contributed by atoms with Crippen molar-refractivity contribution in [1.29, 1.82) is 0 Å². The minimum Gasteiger partial charge on any atom is -0.507 e. The van der Waals surface area contributed by atoms with Crippen molar-refractivity contribution in [2.75, 3.05) is 13.7 Å². The molecule has 1 saturated carbocycles. The number of carbonyl (C=O) groups is 4. The first-order valence-electron chi connectivity index (χ1n) is 16.4. The van der Waals surface area contributed by atoms with Gasteiger partial charge in [-0.3, -0.25) is 4.79 Å². The number of ether oxygens (including phenoxy) is 1. The highest BCUT2D eigenvalue weighted by atomic mass is 16.5. The average molecular weight is 657 g/mol. The van der Waals surface area contributed by atoms with Crippen molar-refractivity contribution in [1.82, 2.24) is 10.6 Å². The molecule has 0 saturated heterocycles. The molecule has 0 radical (unpaired) electrons. The van der Waals surface area contributed by atoms with Gasteiger partial charge in [0.05, 0.1) is 7.11 Å². The third kappa shape index (κ3) is 20.3. The molecule has 2 atom stereocenters. The number of phenols is 1. The topological polar surface area (TPSA) is 182 Å². The van der Waals surface area contributed by atoms with Gasteiger partial charge in [0.15, 0.2) is 0 Å². The second-order valence-corrected chi connectivity index (χ2v) is 11.3. The third-order valence-corrected chi connectivity index (χ3v) is 7.40. The summed E-state index contributed by atoms with van der Waals surface area (Å²) in [6.45, 7) is 1.90. The molecule has 0 spiro atoms. The van der Waals surface area contributed by atoms with Gasteiger partial charge >= 0.3 is 23.9 Å². The number of allylic oxidation sites excluding steroid dienone is 1. The van der Waals surface area contributed by atoms with Crippen molar-refractivity contribution in [2.24, 2.45) is 0 Å². The number of rotatable bonds is 19. The molecule has 260 valence electrons. The number of nitrogens with one attached hydrogen (secondary N) is 2. The van der Waals surface area contributed by atoms with E-state index in [0.29, 0.717) is 11.7 Å². The molecule has 6 N–H and O–H groups in total. The molecule has 0 aliphatic heterocycles. The van der Waals surface area contributed by atoms with Crippen molar-refractivity contribution in [3.8, 4) is 11.5 Å². The van der Waals surface area contributed by atoms with Crippen molar-refractivity contribution < 1.29 is 44.3 Å². The number of aliphatic carboxylic acids is 2. The van der Waals surface area contributed by atoms with E-state index in [1.54, 1.807) is 6.08 Å². The standard InChI is InChI=1S/C16H30O2.C12H14N2O3.C8H8O4/c1-2-3-4-5-6-7-8-9-10-11-12-13-14-15-16(17)18;15-11(16)7-13-12(17)14-10-6-9(10)8-4-2-1-3-5-8;1-12-5-2-3-6(8(10)11)7(9)4-5/h14-15H,2-13H2,1H3,(H,17,18);1-5,9-10H,6-7H2,(H,15,16)(H2,13,14,17);2-4,9H,1H3,(H,10,11). The van der Waals surface area contributed by atoms with Crippen LogP contribution in [-0.2, 0) is 9.59 Å². The Morgan fingerprint density at radius 3 is 1.96 bits per heavy atom. The smallest absolute Gasteiger partial charge is 0.339 e. The molecule has 0 aromatic heterocycles. The summed E-state index contributed by atoms with van der Waals surface area (Å²) in [5.41, 5.74) is 1.08. The Bertz CT molecular complexity index is 1230. The number of carbonyl (C=O) groups excluding carboxylic acids is 1. The van der Waals surface area contributed by atoms with Crippen molar-refractivity contribution in [2.45, 2.75) is 102 Å². The molecule has 2 unspecified atom stereocenters. The fourth-order valence-electron chi connectivity index (χ4n) is 4.73. The molecule has 1 aliphatic carbocycles. The van der Waals surface area contributed by atoms with Crippen molar-refractivity contribution in [3.63, 3.8) is 0 Å². The number of carboxylic acids is 3. The summed E-state index contributed by atoms with van der Waals surface area (Å²) in [4.78, 5) is 42.2. The number of hydrogen-bond donors (Lipinski definition) is 6. The molecule has 0 bridgehead atoms. The van der Waals surface area contributed by atoms with Gasteiger partial charge in [-0.25, -0.2) is 14.4 Å². The second kappa shape index (κ2) is 24.7. The van der Waals surface area contributed by atoms with Crippen LogP contribution in [0, 0.1) is 0 Å². The molecule has 2 amide bonds. The van der Waals surface area contributed by atoms with E-state index in [1.165, 1.54) is 101 Å². The zero-order chi connectivity index (χ0) is 34.9. The van der Waals surface area contributed by atoms with Gasteiger partial charge in [-0.05, 0) is 37.0 Å². The van der Waals surface area contributed by atoms with Crippen LogP contribution >= 0.6 is 0 Å². The highest BCUT2D eigenvalue weighted by Crippen LogP contribution is 2.40. The quantitative estimate of drug-likeness (QED) is 0.0665. The molecule has 0 heterocycles. The predicted molar refractivity (Wildman–Crippen MR) is 181 cm³/mol. The minimum absolute atomic E-state index is 0.117. The van der Waals surface area contributed by atoms with E-state index in [0.717, 1.165) is 19.3 Å². The predicted octanol–water partition coefficient (Wildman–Crippen LogP) is 7.35. The van der Waals surface area contributed by atoms with Crippen LogP contribution in [0.3, 0.4) is 0 Å². The molecular weight excluding hydrogens is 604 g/mol. The number of unbranched alkanes of at least 4 members (excludes halogenated alkanes) is 11.